The molecule has 1 N–H and O–H groups in total. The first-order valence-corrected chi connectivity index (χ1v) is 7.37. The van der Waals surface area contributed by atoms with Gasteiger partial charge in [-0.1, -0.05) is 0 Å². The number of hydrogen-bond acceptors (Lipinski definition) is 4. The van der Waals surface area contributed by atoms with E-state index in [9.17, 15) is 5.11 Å². The third kappa shape index (κ3) is 3.49. The lowest BCUT2D eigenvalue weighted by atomic mass is 9.98. The monoisotopic (exact) mass is 278 g/mol. The highest BCUT2D eigenvalue weighted by molar-refractivity contribution is 5.41. The van der Waals surface area contributed by atoms with E-state index in [1.54, 1.807) is 7.11 Å². The molecule has 4 heteroatoms. The Morgan fingerprint density at radius 3 is 2.80 bits per heavy atom. The molecule has 0 bridgehead atoms. The van der Waals surface area contributed by atoms with Crippen LogP contribution in [-0.4, -0.2) is 40.8 Å². The summed E-state index contributed by atoms with van der Waals surface area (Å²) in [6.07, 6.45) is 4.63. The highest BCUT2D eigenvalue weighted by atomic mass is 16.5. The lowest BCUT2D eigenvalue weighted by Crippen LogP contribution is -2.28. The molecule has 20 heavy (non-hydrogen) atoms. The average molecular weight is 278 g/mol. The van der Waals surface area contributed by atoms with Gasteiger partial charge in [0.05, 0.1) is 18.4 Å². The summed E-state index contributed by atoms with van der Waals surface area (Å²) in [6.45, 7) is 8.80. The third-order valence-electron chi connectivity index (χ3n) is 4.28. The summed E-state index contributed by atoms with van der Waals surface area (Å²) in [5.74, 6) is 0.941. The van der Waals surface area contributed by atoms with Crippen molar-refractivity contribution in [2.45, 2.75) is 52.2 Å². The van der Waals surface area contributed by atoms with Crippen molar-refractivity contribution in [1.82, 2.24) is 9.88 Å². The topological polar surface area (TPSA) is 45.6 Å². The summed E-state index contributed by atoms with van der Waals surface area (Å²) in [6, 6.07) is 0. The minimum absolute atomic E-state index is 0.512. The Labute approximate surface area is 121 Å². The van der Waals surface area contributed by atoms with Crippen molar-refractivity contribution in [2.24, 2.45) is 0 Å². The number of nitrogens with zero attached hydrogens (tertiary/aromatic N) is 2. The van der Waals surface area contributed by atoms with Gasteiger partial charge >= 0.3 is 0 Å². The number of aryl methyl sites for hydroxylation is 1. The van der Waals surface area contributed by atoms with Gasteiger partial charge in [-0.15, -0.1) is 0 Å². The number of likely N-dealkylation sites (tertiary alicyclic amines) is 1. The fourth-order valence-electron chi connectivity index (χ4n) is 2.92. The minimum atomic E-state index is -0.512. The second-order valence-corrected chi connectivity index (χ2v) is 6.17. The molecule has 0 radical (unpaired) electrons. The van der Waals surface area contributed by atoms with Crippen LogP contribution in [0.25, 0.3) is 0 Å². The van der Waals surface area contributed by atoms with Gasteiger partial charge in [0.25, 0.3) is 0 Å². The standard InChI is InChI=1S/C16H26N2O2/c1-12-10-17-14(13(2)15(12)20-4)11-18-8-5-6-16(3,19)7-9-18/h10,19H,5-9,11H2,1-4H3. The molecule has 0 amide bonds. The number of pyridine rings is 1. The summed E-state index contributed by atoms with van der Waals surface area (Å²) in [7, 11) is 1.71. The van der Waals surface area contributed by atoms with Crippen molar-refractivity contribution in [3.8, 4) is 5.75 Å². The Hall–Kier alpha value is -1.13. The Kier molecular flexibility index (Phi) is 4.66. The quantitative estimate of drug-likeness (QED) is 0.922. The predicted molar refractivity (Wildman–Crippen MR) is 80.0 cm³/mol. The van der Waals surface area contributed by atoms with Crippen molar-refractivity contribution >= 4 is 0 Å². The smallest absolute Gasteiger partial charge is 0.128 e. The maximum Gasteiger partial charge on any atom is 0.128 e. The SMILES string of the molecule is COc1c(C)cnc(CN2CCCC(C)(O)CC2)c1C. The van der Waals surface area contributed by atoms with Gasteiger partial charge in [0.1, 0.15) is 5.75 Å². The molecule has 1 aliphatic rings. The zero-order valence-corrected chi connectivity index (χ0v) is 13.1. The van der Waals surface area contributed by atoms with E-state index >= 15 is 0 Å². The molecule has 0 spiro atoms. The van der Waals surface area contributed by atoms with E-state index in [0.29, 0.717) is 0 Å². The van der Waals surface area contributed by atoms with Crippen molar-refractivity contribution in [3.05, 3.63) is 23.0 Å². The van der Waals surface area contributed by atoms with Crippen LogP contribution < -0.4 is 4.74 Å². The molecule has 1 fully saturated rings. The second-order valence-electron chi connectivity index (χ2n) is 6.17. The predicted octanol–water partition coefficient (Wildman–Crippen LogP) is 2.44. The average Bonchev–Trinajstić information content (AvgIpc) is 2.55. The maximum atomic E-state index is 10.1. The molecule has 2 rings (SSSR count). The van der Waals surface area contributed by atoms with Crippen LogP contribution in [0.5, 0.6) is 5.75 Å². The zero-order valence-electron chi connectivity index (χ0n) is 13.1. The van der Waals surface area contributed by atoms with Gasteiger partial charge in [0.15, 0.2) is 0 Å². The molecule has 1 aliphatic heterocycles. The van der Waals surface area contributed by atoms with Gasteiger partial charge < -0.3 is 9.84 Å². The van der Waals surface area contributed by atoms with Gasteiger partial charge in [0.2, 0.25) is 0 Å². The maximum absolute atomic E-state index is 10.1. The minimum Gasteiger partial charge on any atom is -0.496 e. The van der Waals surface area contributed by atoms with Crippen LogP contribution in [0.3, 0.4) is 0 Å². The number of aliphatic hydroxyl groups is 1. The van der Waals surface area contributed by atoms with E-state index < -0.39 is 5.60 Å². The summed E-state index contributed by atoms with van der Waals surface area (Å²) < 4.78 is 5.46. The molecule has 4 nitrogen and oxygen atoms in total. The molecule has 0 saturated carbocycles. The van der Waals surface area contributed by atoms with Crippen LogP contribution in [0.2, 0.25) is 0 Å². The van der Waals surface area contributed by atoms with E-state index in [-0.39, 0.29) is 0 Å². The summed E-state index contributed by atoms with van der Waals surface area (Å²) in [5, 5.41) is 10.1. The molecular weight excluding hydrogens is 252 g/mol. The Balaban J connectivity index is 2.10. The molecule has 0 aliphatic carbocycles. The number of ether oxygens (including phenoxy) is 1. The summed E-state index contributed by atoms with van der Waals surface area (Å²) in [5.41, 5.74) is 2.77. The zero-order chi connectivity index (χ0) is 14.8. The lowest BCUT2D eigenvalue weighted by Gasteiger charge is -2.23. The van der Waals surface area contributed by atoms with Gasteiger partial charge in [-0.2, -0.15) is 0 Å². The van der Waals surface area contributed by atoms with Crippen molar-refractivity contribution in [3.63, 3.8) is 0 Å². The lowest BCUT2D eigenvalue weighted by molar-refractivity contribution is 0.0444. The van der Waals surface area contributed by atoms with Crippen LogP contribution in [-0.2, 0) is 6.54 Å². The normalized spacial score (nSPS) is 24.4. The molecule has 112 valence electrons. The summed E-state index contributed by atoms with van der Waals surface area (Å²) in [4.78, 5) is 6.94. The van der Waals surface area contributed by atoms with Gasteiger partial charge in [-0.25, -0.2) is 0 Å². The van der Waals surface area contributed by atoms with Gasteiger partial charge in [-0.05, 0) is 46.6 Å². The van der Waals surface area contributed by atoms with E-state index in [4.69, 9.17) is 4.74 Å². The second kappa shape index (κ2) is 6.10. The van der Waals surface area contributed by atoms with Crippen molar-refractivity contribution in [1.29, 1.82) is 0 Å². The number of aromatic nitrogens is 1. The van der Waals surface area contributed by atoms with Crippen molar-refractivity contribution in [2.75, 3.05) is 20.2 Å². The molecule has 1 saturated heterocycles. The van der Waals surface area contributed by atoms with Gasteiger partial charge in [-0.3, -0.25) is 9.88 Å². The van der Waals surface area contributed by atoms with E-state index in [0.717, 1.165) is 61.5 Å². The van der Waals surface area contributed by atoms with Crippen LogP contribution in [0, 0.1) is 13.8 Å². The number of hydrogen-bond donors (Lipinski definition) is 1. The highest BCUT2D eigenvalue weighted by Crippen LogP contribution is 2.26. The van der Waals surface area contributed by atoms with Gasteiger partial charge in [0, 0.05) is 30.4 Å². The van der Waals surface area contributed by atoms with E-state index in [2.05, 4.69) is 16.8 Å². The van der Waals surface area contributed by atoms with Crippen molar-refractivity contribution < 1.29 is 9.84 Å². The molecule has 1 unspecified atom stereocenters. The van der Waals surface area contributed by atoms with Crippen LogP contribution in [0.1, 0.15) is 43.0 Å². The Morgan fingerprint density at radius 2 is 2.10 bits per heavy atom. The summed E-state index contributed by atoms with van der Waals surface area (Å²) >= 11 is 0. The first-order valence-electron chi connectivity index (χ1n) is 7.37. The highest BCUT2D eigenvalue weighted by Gasteiger charge is 2.25. The molecule has 1 aromatic heterocycles. The largest absolute Gasteiger partial charge is 0.496 e. The molecule has 1 atom stereocenters. The molecule has 1 aromatic rings. The Morgan fingerprint density at radius 1 is 1.35 bits per heavy atom. The number of methoxy groups -OCH3 is 1. The third-order valence-corrected chi connectivity index (χ3v) is 4.28. The fraction of sp³-hybridized carbons (Fsp3) is 0.688. The molecule has 0 aromatic carbocycles. The van der Waals surface area contributed by atoms with E-state index in [1.165, 1.54) is 0 Å². The molecular formula is C16H26N2O2. The molecule has 2 heterocycles. The fourth-order valence-corrected chi connectivity index (χ4v) is 2.92. The van der Waals surface area contributed by atoms with Crippen LogP contribution >= 0.6 is 0 Å². The van der Waals surface area contributed by atoms with Crippen LogP contribution in [0.4, 0.5) is 0 Å². The first-order chi connectivity index (χ1) is 9.43. The number of rotatable bonds is 3. The van der Waals surface area contributed by atoms with E-state index in [1.807, 2.05) is 20.0 Å². The van der Waals surface area contributed by atoms with Crippen LogP contribution in [0.15, 0.2) is 6.20 Å². The Bertz CT molecular complexity index is 472. The first kappa shape index (κ1) is 15.3.